The third-order valence-electron chi connectivity index (χ3n) is 2.57. The Balaban J connectivity index is 2.17. The van der Waals surface area contributed by atoms with Gasteiger partial charge in [-0.25, -0.2) is 5.43 Å². The van der Waals surface area contributed by atoms with Gasteiger partial charge in [0.15, 0.2) is 0 Å². The van der Waals surface area contributed by atoms with Crippen molar-refractivity contribution in [3.05, 3.63) is 62.4 Å². The number of nitrogens with zero attached hydrogens (tertiary/aromatic N) is 3. The number of carbonyl (C=O) groups excluding carboxylic acids is 1. The van der Waals surface area contributed by atoms with Gasteiger partial charge in [0.05, 0.1) is 16.7 Å². The number of carbonyl (C=O) groups is 1. The fraction of sp³-hybridized carbons (Fsp3) is 0. The number of pyridine rings is 1. The van der Waals surface area contributed by atoms with Crippen LogP contribution < -0.4 is 5.43 Å². The molecule has 9 heteroatoms. The summed E-state index contributed by atoms with van der Waals surface area (Å²) in [7, 11) is 0. The Morgan fingerprint density at radius 1 is 1.50 bits per heavy atom. The number of nitro benzene ring substituents is 1. The molecule has 0 aliphatic rings. The van der Waals surface area contributed by atoms with Gasteiger partial charge in [0, 0.05) is 28.5 Å². The molecular weight excluding hydrogens is 356 g/mol. The molecule has 2 rings (SSSR count). The van der Waals surface area contributed by atoms with Gasteiger partial charge in [-0.3, -0.25) is 19.9 Å². The Morgan fingerprint density at radius 2 is 2.27 bits per heavy atom. The summed E-state index contributed by atoms with van der Waals surface area (Å²) in [6.07, 6.45) is 4.01. The number of rotatable bonds is 4. The van der Waals surface area contributed by atoms with Crippen LogP contribution in [0, 0.1) is 10.1 Å². The lowest BCUT2D eigenvalue weighted by Gasteiger charge is -2.02. The van der Waals surface area contributed by atoms with Gasteiger partial charge in [-0.15, -0.1) is 0 Å². The highest BCUT2D eigenvalue weighted by Crippen LogP contribution is 2.32. The van der Waals surface area contributed by atoms with Crippen LogP contribution in [0.4, 0.5) is 5.69 Å². The van der Waals surface area contributed by atoms with Crippen molar-refractivity contribution in [2.45, 2.75) is 0 Å². The van der Waals surface area contributed by atoms with E-state index in [-0.39, 0.29) is 5.56 Å². The number of aromatic hydroxyl groups is 1. The lowest BCUT2D eigenvalue weighted by Crippen LogP contribution is -2.17. The van der Waals surface area contributed by atoms with Gasteiger partial charge < -0.3 is 5.11 Å². The van der Waals surface area contributed by atoms with Gasteiger partial charge in [0.25, 0.3) is 5.91 Å². The highest BCUT2D eigenvalue weighted by Gasteiger charge is 2.17. The zero-order chi connectivity index (χ0) is 16.1. The van der Waals surface area contributed by atoms with E-state index in [2.05, 4.69) is 31.4 Å². The molecule has 0 fully saturated rings. The van der Waals surface area contributed by atoms with Crippen molar-refractivity contribution in [1.29, 1.82) is 0 Å². The van der Waals surface area contributed by atoms with E-state index in [1.54, 1.807) is 12.1 Å². The number of phenols is 1. The maximum absolute atomic E-state index is 11.7. The van der Waals surface area contributed by atoms with Crippen LogP contribution in [0.2, 0.25) is 0 Å². The van der Waals surface area contributed by atoms with E-state index >= 15 is 0 Å². The van der Waals surface area contributed by atoms with Crippen LogP contribution in [0.3, 0.4) is 0 Å². The number of phenolic OH excluding ortho intramolecular Hbond substituents is 1. The second kappa shape index (κ2) is 6.76. The Bertz CT molecular complexity index is 749. The molecule has 0 saturated carbocycles. The number of amides is 1. The van der Waals surface area contributed by atoms with Crippen molar-refractivity contribution in [3.63, 3.8) is 0 Å². The first-order chi connectivity index (χ1) is 10.5. The largest absolute Gasteiger partial charge is 0.502 e. The molecular formula is C13H9BrN4O4. The molecule has 0 spiro atoms. The molecule has 0 atom stereocenters. The Morgan fingerprint density at radius 3 is 2.91 bits per heavy atom. The van der Waals surface area contributed by atoms with Crippen molar-refractivity contribution in [1.82, 2.24) is 10.4 Å². The molecule has 1 aromatic heterocycles. The molecule has 1 aromatic carbocycles. The molecule has 1 amide bonds. The van der Waals surface area contributed by atoms with Crippen LogP contribution in [0.5, 0.6) is 5.75 Å². The van der Waals surface area contributed by atoms with Crippen molar-refractivity contribution < 1.29 is 14.8 Å². The molecule has 8 nitrogen and oxygen atoms in total. The maximum Gasteiger partial charge on any atom is 0.312 e. The highest BCUT2D eigenvalue weighted by atomic mass is 79.9. The molecule has 0 unspecified atom stereocenters. The average Bonchev–Trinajstić information content (AvgIpc) is 2.50. The second-order valence-corrected chi connectivity index (χ2v) is 4.98. The normalized spacial score (nSPS) is 10.6. The van der Waals surface area contributed by atoms with Crippen LogP contribution in [-0.2, 0) is 0 Å². The summed E-state index contributed by atoms with van der Waals surface area (Å²) in [5, 5.41) is 24.3. The standard InChI is InChI=1S/C13H9BrN4O4/c14-10-4-9(12(19)11(5-10)18(21)22)7-16-17-13(20)8-2-1-3-15-6-8/h1-7,19H,(H,17,20)/b16-7+. The highest BCUT2D eigenvalue weighted by molar-refractivity contribution is 9.10. The molecule has 0 radical (unpaired) electrons. The molecule has 2 N–H and O–H groups in total. The minimum Gasteiger partial charge on any atom is -0.502 e. The fourth-order valence-electron chi connectivity index (χ4n) is 1.57. The lowest BCUT2D eigenvalue weighted by atomic mass is 10.2. The van der Waals surface area contributed by atoms with E-state index in [0.717, 1.165) is 6.21 Å². The second-order valence-electron chi connectivity index (χ2n) is 4.06. The van der Waals surface area contributed by atoms with E-state index in [9.17, 15) is 20.0 Å². The summed E-state index contributed by atoms with van der Waals surface area (Å²) in [5.74, 6) is -1.03. The summed E-state index contributed by atoms with van der Waals surface area (Å²) in [4.78, 5) is 25.6. The minimum absolute atomic E-state index is 0.0903. The van der Waals surface area contributed by atoms with Crippen LogP contribution in [-0.4, -0.2) is 27.1 Å². The van der Waals surface area contributed by atoms with Gasteiger partial charge in [0.2, 0.25) is 5.75 Å². The zero-order valence-electron chi connectivity index (χ0n) is 10.9. The summed E-state index contributed by atoms with van der Waals surface area (Å²) in [6, 6.07) is 5.75. The molecule has 22 heavy (non-hydrogen) atoms. The molecule has 0 aliphatic heterocycles. The molecule has 0 aliphatic carbocycles. The number of halogens is 1. The van der Waals surface area contributed by atoms with Crippen LogP contribution in [0.25, 0.3) is 0 Å². The first-order valence-corrected chi connectivity index (χ1v) is 6.68. The SMILES string of the molecule is O=C(N/N=C/c1cc(Br)cc([N+](=O)[O-])c1O)c1cccnc1. The summed E-state index contributed by atoms with van der Waals surface area (Å²) in [6.45, 7) is 0. The van der Waals surface area contributed by atoms with Crippen molar-refractivity contribution >= 4 is 33.7 Å². The predicted octanol–water partition coefficient (Wildman–Crippen LogP) is 2.22. The maximum atomic E-state index is 11.7. The fourth-order valence-corrected chi connectivity index (χ4v) is 2.03. The minimum atomic E-state index is -0.717. The zero-order valence-corrected chi connectivity index (χ0v) is 12.5. The summed E-state index contributed by atoms with van der Waals surface area (Å²) < 4.78 is 0.400. The monoisotopic (exact) mass is 364 g/mol. The average molecular weight is 365 g/mol. The van der Waals surface area contributed by atoms with Gasteiger partial charge >= 0.3 is 5.69 Å². The van der Waals surface area contributed by atoms with Crippen molar-refractivity contribution in [3.8, 4) is 5.75 Å². The van der Waals surface area contributed by atoms with Crippen LogP contribution in [0.15, 0.2) is 46.2 Å². The number of nitro groups is 1. The number of nitrogens with one attached hydrogen (secondary N) is 1. The number of hydrogen-bond donors (Lipinski definition) is 2. The number of aromatic nitrogens is 1. The smallest absolute Gasteiger partial charge is 0.312 e. The van der Waals surface area contributed by atoms with Crippen molar-refractivity contribution in [2.24, 2.45) is 5.10 Å². The first kappa shape index (κ1) is 15.6. The number of benzene rings is 1. The molecule has 0 saturated heterocycles. The van der Waals surface area contributed by atoms with Crippen LogP contribution >= 0.6 is 15.9 Å². The third kappa shape index (κ3) is 3.64. The van der Waals surface area contributed by atoms with Gasteiger partial charge in [0.1, 0.15) is 0 Å². The molecule has 112 valence electrons. The molecule has 0 bridgehead atoms. The van der Waals surface area contributed by atoms with Crippen molar-refractivity contribution in [2.75, 3.05) is 0 Å². The third-order valence-corrected chi connectivity index (χ3v) is 3.03. The Kier molecular flexibility index (Phi) is 4.79. The van der Waals surface area contributed by atoms with Gasteiger partial charge in [-0.1, -0.05) is 15.9 Å². The summed E-state index contributed by atoms with van der Waals surface area (Å²) >= 11 is 3.10. The molecule has 1 heterocycles. The van der Waals surface area contributed by atoms with E-state index in [0.29, 0.717) is 10.0 Å². The number of hydrogen-bond acceptors (Lipinski definition) is 6. The van der Waals surface area contributed by atoms with E-state index in [1.165, 1.54) is 24.5 Å². The molecule has 2 aromatic rings. The quantitative estimate of drug-likeness (QED) is 0.489. The Hall–Kier alpha value is -2.81. The summed E-state index contributed by atoms with van der Waals surface area (Å²) in [5.41, 5.74) is 2.17. The van der Waals surface area contributed by atoms with Crippen LogP contribution in [0.1, 0.15) is 15.9 Å². The topological polar surface area (TPSA) is 118 Å². The van der Waals surface area contributed by atoms with E-state index in [4.69, 9.17) is 0 Å². The number of hydrazone groups is 1. The van der Waals surface area contributed by atoms with E-state index in [1.807, 2.05) is 0 Å². The first-order valence-electron chi connectivity index (χ1n) is 5.89. The Labute approximate surface area is 132 Å². The van der Waals surface area contributed by atoms with Gasteiger partial charge in [-0.2, -0.15) is 5.10 Å². The van der Waals surface area contributed by atoms with E-state index < -0.39 is 22.3 Å². The lowest BCUT2D eigenvalue weighted by molar-refractivity contribution is -0.385. The van der Waals surface area contributed by atoms with Gasteiger partial charge in [-0.05, 0) is 18.2 Å². The predicted molar refractivity (Wildman–Crippen MR) is 81.8 cm³/mol.